The van der Waals surface area contributed by atoms with Gasteiger partial charge in [0, 0.05) is 39.8 Å². The highest BCUT2D eigenvalue weighted by Crippen LogP contribution is 2.20. The maximum Gasteiger partial charge on any atom is 0.254 e. The first-order valence-electron chi connectivity index (χ1n) is 9.40. The second kappa shape index (κ2) is 11.5. The molecule has 28 heavy (non-hydrogen) atoms. The topological polar surface area (TPSA) is 75.2 Å². The van der Waals surface area contributed by atoms with Crippen molar-refractivity contribution in [3.63, 3.8) is 0 Å². The van der Waals surface area contributed by atoms with Crippen LogP contribution in [0.15, 0.2) is 29.3 Å². The average Bonchev–Trinajstić information content (AvgIpc) is 3.23. The van der Waals surface area contributed by atoms with Crippen LogP contribution in [0.3, 0.4) is 0 Å². The van der Waals surface area contributed by atoms with Gasteiger partial charge in [0.15, 0.2) is 5.96 Å². The first-order valence-corrected chi connectivity index (χ1v) is 9.40. The van der Waals surface area contributed by atoms with Crippen molar-refractivity contribution in [1.82, 2.24) is 15.5 Å². The minimum Gasteiger partial charge on any atom is -0.375 e. The summed E-state index contributed by atoms with van der Waals surface area (Å²) < 4.78 is 25.2. The third kappa shape index (κ3) is 6.02. The number of nitrogens with zero attached hydrogens (tertiary/aromatic N) is 2. The van der Waals surface area contributed by atoms with Crippen molar-refractivity contribution in [2.45, 2.75) is 25.0 Å². The Morgan fingerprint density at radius 3 is 2.68 bits per heavy atom. The molecule has 0 aliphatic carbocycles. The standard InChI is InChI=1S/C19H27FN4O3.HI/c1-21-19(24-10-12-27-17(13-24)16-7-4-11-26-16)23-9-8-22-18(25)14-5-2-3-6-15(14)20;/h2-3,5-6,16-17H,4,7-13H2,1H3,(H,21,23)(H,22,25);1H. The number of carbonyl (C=O) groups excluding carboxylic acids is 1. The zero-order valence-corrected chi connectivity index (χ0v) is 18.4. The maximum atomic E-state index is 13.6. The lowest BCUT2D eigenvalue weighted by Crippen LogP contribution is -2.54. The number of halogens is 2. The van der Waals surface area contributed by atoms with E-state index in [0.29, 0.717) is 19.7 Å². The minimum absolute atomic E-state index is 0. The normalized spacial score (nSPS) is 22.5. The van der Waals surface area contributed by atoms with Crippen molar-refractivity contribution < 1.29 is 18.7 Å². The molecule has 0 spiro atoms. The number of rotatable bonds is 5. The van der Waals surface area contributed by atoms with E-state index in [-0.39, 0.29) is 41.7 Å². The Morgan fingerprint density at radius 1 is 1.21 bits per heavy atom. The van der Waals surface area contributed by atoms with Gasteiger partial charge in [0.1, 0.15) is 11.9 Å². The molecule has 2 atom stereocenters. The van der Waals surface area contributed by atoms with E-state index in [9.17, 15) is 9.18 Å². The van der Waals surface area contributed by atoms with Crippen molar-refractivity contribution in [1.29, 1.82) is 0 Å². The second-order valence-corrected chi connectivity index (χ2v) is 6.62. The predicted octanol–water partition coefficient (Wildman–Crippen LogP) is 1.63. The smallest absolute Gasteiger partial charge is 0.254 e. The number of morpholine rings is 1. The van der Waals surface area contributed by atoms with E-state index in [2.05, 4.69) is 20.5 Å². The molecule has 0 saturated carbocycles. The van der Waals surface area contributed by atoms with Gasteiger partial charge in [-0.1, -0.05) is 12.1 Å². The lowest BCUT2D eigenvalue weighted by molar-refractivity contribution is -0.0816. The van der Waals surface area contributed by atoms with E-state index < -0.39 is 11.7 Å². The zero-order chi connectivity index (χ0) is 19.1. The van der Waals surface area contributed by atoms with Gasteiger partial charge in [0.05, 0.1) is 18.3 Å². The molecule has 0 radical (unpaired) electrons. The zero-order valence-electron chi connectivity index (χ0n) is 16.0. The van der Waals surface area contributed by atoms with Gasteiger partial charge < -0.3 is 25.0 Å². The number of benzene rings is 1. The molecule has 1 aromatic carbocycles. The van der Waals surface area contributed by atoms with E-state index in [1.165, 1.54) is 12.1 Å². The summed E-state index contributed by atoms with van der Waals surface area (Å²) in [5, 5.41) is 5.96. The van der Waals surface area contributed by atoms with Crippen molar-refractivity contribution in [3.8, 4) is 0 Å². The molecular weight excluding hydrogens is 478 g/mol. The number of guanidine groups is 1. The predicted molar refractivity (Wildman–Crippen MR) is 116 cm³/mol. The number of hydrogen-bond donors (Lipinski definition) is 2. The van der Waals surface area contributed by atoms with Crippen LogP contribution in [0, 0.1) is 5.82 Å². The Balaban J connectivity index is 0.00000280. The fraction of sp³-hybridized carbons (Fsp3) is 0.579. The van der Waals surface area contributed by atoms with Crippen molar-refractivity contribution >= 4 is 35.8 Å². The van der Waals surface area contributed by atoms with Gasteiger partial charge in [-0.25, -0.2) is 4.39 Å². The van der Waals surface area contributed by atoms with E-state index in [4.69, 9.17) is 9.47 Å². The second-order valence-electron chi connectivity index (χ2n) is 6.62. The van der Waals surface area contributed by atoms with Gasteiger partial charge in [-0.15, -0.1) is 24.0 Å². The first-order chi connectivity index (χ1) is 13.2. The third-order valence-electron chi connectivity index (χ3n) is 4.80. The third-order valence-corrected chi connectivity index (χ3v) is 4.80. The molecule has 156 valence electrons. The summed E-state index contributed by atoms with van der Waals surface area (Å²) >= 11 is 0. The van der Waals surface area contributed by atoms with E-state index in [1.807, 2.05) is 0 Å². The average molecular weight is 506 g/mol. The van der Waals surface area contributed by atoms with Crippen molar-refractivity contribution in [2.75, 3.05) is 46.4 Å². The molecule has 9 heteroatoms. The molecule has 0 bridgehead atoms. The number of ether oxygens (including phenoxy) is 2. The highest BCUT2D eigenvalue weighted by atomic mass is 127. The molecule has 7 nitrogen and oxygen atoms in total. The molecule has 2 aliphatic rings. The molecule has 2 N–H and O–H groups in total. The Hall–Kier alpha value is -1.46. The van der Waals surface area contributed by atoms with Gasteiger partial charge in [0.2, 0.25) is 0 Å². The van der Waals surface area contributed by atoms with Crippen LogP contribution in [0.1, 0.15) is 23.2 Å². The fourth-order valence-electron chi connectivity index (χ4n) is 3.41. The van der Waals surface area contributed by atoms with Crippen LogP contribution >= 0.6 is 24.0 Å². The summed E-state index contributed by atoms with van der Waals surface area (Å²) in [6.45, 7) is 3.78. The van der Waals surface area contributed by atoms with Crippen molar-refractivity contribution in [2.24, 2.45) is 4.99 Å². The molecule has 0 aromatic heterocycles. The van der Waals surface area contributed by atoms with Gasteiger partial charge in [-0.05, 0) is 25.0 Å². The maximum absolute atomic E-state index is 13.6. The summed E-state index contributed by atoms with van der Waals surface area (Å²) in [4.78, 5) is 18.5. The van der Waals surface area contributed by atoms with Gasteiger partial charge in [0.25, 0.3) is 5.91 Å². The summed E-state index contributed by atoms with van der Waals surface area (Å²) in [5.41, 5.74) is 0.0504. The van der Waals surface area contributed by atoms with E-state index >= 15 is 0 Å². The SMILES string of the molecule is CN=C(NCCNC(=O)c1ccccc1F)N1CCOC(C2CCCO2)C1.I. The molecule has 1 amide bonds. The Kier molecular flexibility index (Phi) is 9.39. The quantitative estimate of drug-likeness (QED) is 0.275. The molecule has 2 heterocycles. The molecular formula is C19H28FIN4O3. The summed E-state index contributed by atoms with van der Waals surface area (Å²) in [7, 11) is 1.73. The molecule has 2 unspecified atom stereocenters. The Morgan fingerprint density at radius 2 is 1.96 bits per heavy atom. The monoisotopic (exact) mass is 506 g/mol. The van der Waals surface area contributed by atoms with Crippen LogP contribution in [0.5, 0.6) is 0 Å². The molecule has 2 saturated heterocycles. The number of carbonyl (C=O) groups is 1. The Bertz CT molecular complexity index is 670. The van der Waals surface area contributed by atoms with Gasteiger partial charge in [-0.2, -0.15) is 0 Å². The highest BCUT2D eigenvalue weighted by Gasteiger charge is 2.32. The summed E-state index contributed by atoms with van der Waals surface area (Å²) in [5.74, 6) is -0.177. The van der Waals surface area contributed by atoms with Crippen LogP contribution < -0.4 is 10.6 Å². The lowest BCUT2D eigenvalue weighted by Gasteiger charge is -2.37. The van der Waals surface area contributed by atoms with E-state index in [1.54, 1.807) is 19.2 Å². The number of amides is 1. The summed E-state index contributed by atoms with van der Waals surface area (Å²) in [6.07, 6.45) is 2.33. The molecule has 2 fully saturated rings. The lowest BCUT2D eigenvalue weighted by atomic mass is 10.1. The van der Waals surface area contributed by atoms with Crippen molar-refractivity contribution in [3.05, 3.63) is 35.6 Å². The number of hydrogen-bond acceptors (Lipinski definition) is 4. The van der Waals surface area contributed by atoms with Gasteiger partial charge >= 0.3 is 0 Å². The summed E-state index contributed by atoms with van der Waals surface area (Å²) in [6, 6.07) is 5.94. The van der Waals surface area contributed by atoms with Crippen LogP contribution in [0.2, 0.25) is 0 Å². The van der Waals surface area contributed by atoms with E-state index in [0.717, 1.165) is 38.5 Å². The van der Waals surface area contributed by atoms with Crippen LogP contribution in [0.4, 0.5) is 4.39 Å². The highest BCUT2D eigenvalue weighted by molar-refractivity contribution is 14.0. The minimum atomic E-state index is -0.521. The fourth-order valence-corrected chi connectivity index (χ4v) is 3.41. The van der Waals surface area contributed by atoms with Gasteiger partial charge in [-0.3, -0.25) is 9.79 Å². The largest absolute Gasteiger partial charge is 0.375 e. The number of aliphatic imine (C=N–C) groups is 1. The molecule has 1 aromatic rings. The van der Waals surface area contributed by atoms with Crippen LogP contribution in [-0.4, -0.2) is 75.4 Å². The first kappa shape index (κ1) is 22.8. The van der Waals surface area contributed by atoms with Crippen LogP contribution in [-0.2, 0) is 9.47 Å². The van der Waals surface area contributed by atoms with Crippen LogP contribution in [0.25, 0.3) is 0 Å². The number of nitrogens with one attached hydrogen (secondary N) is 2. The Labute approximate surface area is 182 Å². The molecule has 2 aliphatic heterocycles. The molecule has 3 rings (SSSR count).